The average molecular weight is 304 g/mol. The van der Waals surface area contributed by atoms with Crippen molar-refractivity contribution in [3.63, 3.8) is 0 Å². The van der Waals surface area contributed by atoms with Crippen molar-refractivity contribution in [1.29, 1.82) is 0 Å². The molecule has 0 aromatic carbocycles. The van der Waals surface area contributed by atoms with Gasteiger partial charge < -0.3 is 9.26 Å². The SMILES string of the molecule is CCCCCCCCC(CCC)COC(=O)C(C)OP. The van der Waals surface area contributed by atoms with Crippen LogP contribution in [0.5, 0.6) is 0 Å². The number of rotatable bonds is 13. The van der Waals surface area contributed by atoms with Crippen molar-refractivity contribution in [3.05, 3.63) is 0 Å². The summed E-state index contributed by atoms with van der Waals surface area (Å²) in [4.78, 5) is 11.6. The normalized spacial score (nSPS) is 14.0. The molecule has 0 amide bonds. The molecule has 20 heavy (non-hydrogen) atoms. The number of hydrogen-bond acceptors (Lipinski definition) is 3. The molecule has 0 saturated carbocycles. The predicted octanol–water partition coefficient (Wildman–Crippen LogP) is 4.89. The van der Waals surface area contributed by atoms with E-state index in [0.717, 1.165) is 12.8 Å². The van der Waals surface area contributed by atoms with Crippen molar-refractivity contribution in [2.75, 3.05) is 6.61 Å². The Balaban J connectivity index is 3.78. The summed E-state index contributed by atoms with van der Waals surface area (Å²) in [5, 5.41) is 0. The quantitative estimate of drug-likeness (QED) is 0.276. The Morgan fingerprint density at radius 2 is 1.65 bits per heavy atom. The van der Waals surface area contributed by atoms with Crippen molar-refractivity contribution in [2.24, 2.45) is 5.92 Å². The predicted molar refractivity (Wildman–Crippen MR) is 87.6 cm³/mol. The van der Waals surface area contributed by atoms with E-state index < -0.39 is 6.10 Å². The molecule has 0 aliphatic rings. The molecule has 0 rings (SSSR count). The van der Waals surface area contributed by atoms with Crippen LogP contribution >= 0.6 is 9.47 Å². The van der Waals surface area contributed by atoms with Gasteiger partial charge in [-0.15, -0.1) is 0 Å². The van der Waals surface area contributed by atoms with Gasteiger partial charge in [-0.25, -0.2) is 4.79 Å². The summed E-state index contributed by atoms with van der Waals surface area (Å²) < 4.78 is 10.2. The Labute approximate surface area is 127 Å². The maximum atomic E-state index is 11.6. The number of carbonyl (C=O) groups is 1. The molecule has 0 bridgehead atoms. The lowest BCUT2D eigenvalue weighted by Crippen LogP contribution is -2.23. The van der Waals surface area contributed by atoms with Gasteiger partial charge in [0.25, 0.3) is 0 Å². The van der Waals surface area contributed by atoms with E-state index in [9.17, 15) is 4.79 Å². The van der Waals surface area contributed by atoms with E-state index in [1.807, 2.05) is 0 Å². The Morgan fingerprint density at radius 3 is 2.25 bits per heavy atom. The third-order valence-corrected chi connectivity index (χ3v) is 4.07. The molecule has 0 fully saturated rings. The monoisotopic (exact) mass is 304 g/mol. The van der Waals surface area contributed by atoms with E-state index >= 15 is 0 Å². The molecule has 3 atom stereocenters. The van der Waals surface area contributed by atoms with Crippen molar-refractivity contribution in [2.45, 2.75) is 84.7 Å². The molecule has 0 aliphatic heterocycles. The number of carbonyl (C=O) groups excluding carboxylic acids is 1. The van der Waals surface area contributed by atoms with E-state index in [0.29, 0.717) is 12.5 Å². The molecule has 0 radical (unpaired) electrons. The van der Waals surface area contributed by atoms with Crippen LogP contribution in [0.1, 0.15) is 78.6 Å². The molecule has 120 valence electrons. The maximum absolute atomic E-state index is 11.6. The van der Waals surface area contributed by atoms with E-state index in [1.54, 1.807) is 6.92 Å². The summed E-state index contributed by atoms with van der Waals surface area (Å²) in [6.45, 7) is 6.67. The first kappa shape index (κ1) is 19.9. The number of esters is 1. The van der Waals surface area contributed by atoms with Crippen LogP contribution in [0.3, 0.4) is 0 Å². The lowest BCUT2D eigenvalue weighted by Gasteiger charge is -2.17. The van der Waals surface area contributed by atoms with Gasteiger partial charge in [0.1, 0.15) is 0 Å². The highest BCUT2D eigenvalue weighted by Gasteiger charge is 2.16. The van der Waals surface area contributed by atoms with Gasteiger partial charge in [0, 0.05) is 9.47 Å². The van der Waals surface area contributed by atoms with Gasteiger partial charge in [-0.1, -0.05) is 58.8 Å². The van der Waals surface area contributed by atoms with Gasteiger partial charge in [0.2, 0.25) is 0 Å². The molecular weight excluding hydrogens is 271 g/mol. The summed E-state index contributed by atoms with van der Waals surface area (Å²) in [6, 6.07) is 0. The minimum Gasteiger partial charge on any atom is -0.463 e. The first-order chi connectivity index (χ1) is 9.65. The fourth-order valence-corrected chi connectivity index (χ4v) is 2.42. The van der Waals surface area contributed by atoms with Crippen LogP contribution in [0.25, 0.3) is 0 Å². The Kier molecular flexibility index (Phi) is 13.7. The molecular formula is C16H33O3P. The van der Waals surface area contributed by atoms with E-state index in [-0.39, 0.29) is 5.97 Å². The minimum absolute atomic E-state index is 0.260. The first-order valence-corrected chi connectivity index (χ1v) is 8.64. The van der Waals surface area contributed by atoms with E-state index in [2.05, 4.69) is 23.3 Å². The van der Waals surface area contributed by atoms with E-state index in [4.69, 9.17) is 9.26 Å². The maximum Gasteiger partial charge on any atom is 0.335 e. The fraction of sp³-hybridized carbons (Fsp3) is 0.938. The van der Waals surface area contributed by atoms with Crippen LogP contribution in [-0.4, -0.2) is 18.7 Å². The van der Waals surface area contributed by atoms with Gasteiger partial charge in [0.15, 0.2) is 6.10 Å². The zero-order chi connectivity index (χ0) is 15.2. The molecule has 0 aromatic rings. The summed E-state index contributed by atoms with van der Waals surface area (Å²) in [5.74, 6) is 0.246. The van der Waals surface area contributed by atoms with Gasteiger partial charge >= 0.3 is 5.97 Å². The van der Waals surface area contributed by atoms with E-state index in [1.165, 1.54) is 44.9 Å². The number of unbranched alkanes of at least 4 members (excludes halogenated alkanes) is 5. The second-order valence-corrected chi connectivity index (χ2v) is 5.89. The summed E-state index contributed by atoms with van der Waals surface area (Å²) in [5.41, 5.74) is 0. The number of ether oxygens (including phenoxy) is 1. The van der Waals surface area contributed by atoms with Crippen LogP contribution in [0.4, 0.5) is 0 Å². The molecule has 0 aromatic heterocycles. The van der Waals surface area contributed by atoms with Gasteiger partial charge in [-0.05, 0) is 25.7 Å². The van der Waals surface area contributed by atoms with Crippen molar-refractivity contribution in [1.82, 2.24) is 0 Å². The summed E-state index contributed by atoms with van der Waals surface area (Å²) >= 11 is 0. The van der Waals surface area contributed by atoms with Crippen molar-refractivity contribution >= 4 is 15.4 Å². The molecule has 0 spiro atoms. The third kappa shape index (κ3) is 10.6. The molecule has 0 saturated heterocycles. The molecule has 3 nitrogen and oxygen atoms in total. The third-order valence-electron chi connectivity index (χ3n) is 3.66. The first-order valence-electron chi connectivity index (χ1n) is 8.17. The second kappa shape index (κ2) is 13.8. The van der Waals surface area contributed by atoms with Gasteiger partial charge in [-0.3, -0.25) is 0 Å². The second-order valence-electron chi connectivity index (χ2n) is 5.62. The highest BCUT2D eigenvalue weighted by atomic mass is 31.0. The summed E-state index contributed by atoms with van der Waals surface area (Å²) in [7, 11) is 2.11. The van der Waals surface area contributed by atoms with Crippen LogP contribution in [0, 0.1) is 5.92 Å². The Hall–Kier alpha value is -0.140. The zero-order valence-electron chi connectivity index (χ0n) is 13.5. The molecule has 0 heterocycles. The highest BCUT2D eigenvalue weighted by Crippen LogP contribution is 2.17. The highest BCUT2D eigenvalue weighted by molar-refractivity contribution is 7.09. The molecule has 0 N–H and O–H groups in total. The van der Waals surface area contributed by atoms with Crippen molar-refractivity contribution < 1.29 is 14.1 Å². The fourth-order valence-electron chi connectivity index (χ4n) is 2.31. The van der Waals surface area contributed by atoms with Crippen LogP contribution in [0.2, 0.25) is 0 Å². The van der Waals surface area contributed by atoms with Crippen molar-refractivity contribution in [3.8, 4) is 0 Å². The molecule has 3 unspecified atom stereocenters. The Bertz CT molecular complexity index is 234. The zero-order valence-corrected chi connectivity index (χ0v) is 14.7. The molecule has 4 heteroatoms. The smallest absolute Gasteiger partial charge is 0.335 e. The van der Waals surface area contributed by atoms with Crippen LogP contribution in [0.15, 0.2) is 0 Å². The largest absolute Gasteiger partial charge is 0.463 e. The lowest BCUT2D eigenvalue weighted by molar-refractivity contribution is -0.152. The van der Waals surface area contributed by atoms with Gasteiger partial charge in [0.05, 0.1) is 6.61 Å². The van der Waals surface area contributed by atoms with Crippen LogP contribution in [-0.2, 0) is 14.1 Å². The summed E-state index contributed by atoms with van der Waals surface area (Å²) in [6.07, 6.45) is 10.9. The minimum atomic E-state index is -0.490. The number of hydrogen-bond donors (Lipinski definition) is 0. The average Bonchev–Trinajstić information content (AvgIpc) is 2.46. The Morgan fingerprint density at radius 1 is 1.00 bits per heavy atom. The molecule has 0 aliphatic carbocycles. The van der Waals surface area contributed by atoms with Gasteiger partial charge in [-0.2, -0.15) is 0 Å². The lowest BCUT2D eigenvalue weighted by atomic mass is 9.97. The standard InChI is InChI=1S/C16H33O3P/c1-4-6-7-8-9-10-12-15(11-5-2)13-18-16(17)14(3)19-20/h14-15H,4-13,20H2,1-3H3. The topological polar surface area (TPSA) is 35.5 Å². The van der Waals surface area contributed by atoms with Crippen LogP contribution < -0.4 is 0 Å².